The molecule has 5 nitrogen and oxygen atoms in total. The lowest BCUT2D eigenvalue weighted by Crippen LogP contribution is -2.45. The molecule has 0 aliphatic carbocycles. The average molecular weight is 382 g/mol. The molecule has 3 rings (SSSR count). The molecule has 1 amide bonds. The van der Waals surface area contributed by atoms with Crippen LogP contribution in [-0.2, 0) is 17.9 Å². The van der Waals surface area contributed by atoms with Crippen LogP contribution in [0.2, 0.25) is 0 Å². The van der Waals surface area contributed by atoms with Gasteiger partial charge in [-0.05, 0) is 43.5 Å². The molecule has 1 aliphatic rings. The Morgan fingerprint density at radius 1 is 1.11 bits per heavy atom. The highest BCUT2D eigenvalue weighted by Crippen LogP contribution is 2.21. The average Bonchev–Trinajstić information content (AvgIpc) is 3.16. The lowest BCUT2D eigenvalue weighted by Gasteiger charge is -2.26. The Morgan fingerprint density at radius 2 is 1.82 bits per heavy atom. The van der Waals surface area contributed by atoms with Crippen LogP contribution in [-0.4, -0.2) is 42.5 Å². The third-order valence-electron chi connectivity index (χ3n) is 5.32. The van der Waals surface area contributed by atoms with Crippen molar-refractivity contribution in [1.29, 1.82) is 0 Å². The van der Waals surface area contributed by atoms with Crippen molar-refractivity contribution < 1.29 is 9.53 Å². The van der Waals surface area contributed by atoms with Crippen LogP contribution in [0.3, 0.4) is 0 Å². The minimum Gasteiger partial charge on any atom is -0.489 e. The molecule has 0 unspecified atom stereocenters. The lowest BCUT2D eigenvalue weighted by molar-refractivity contribution is -0.125. The minimum absolute atomic E-state index is 0.0451. The van der Waals surface area contributed by atoms with Gasteiger partial charge in [0.2, 0.25) is 5.91 Å². The molecule has 0 aromatic heterocycles. The smallest absolute Gasteiger partial charge is 0.237 e. The number of hydrogen-bond donors (Lipinski definition) is 2. The molecule has 2 atom stereocenters. The molecule has 1 heterocycles. The van der Waals surface area contributed by atoms with E-state index in [0.717, 1.165) is 30.8 Å². The van der Waals surface area contributed by atoms with Gasteiger partial charge >= 0.3 is 0 Å². The lowest BCUT2D eigenvalue weighted by atomic mass is 10.1. The summed E-state index contributed by atoms with van der Waals surface area (Å²) in [7, 11) is 1.71. The number of ether oxygens (including phenoxy) is 1. The van der Waals surface area contributed by atoms with Crippen molar-refractivity contribution in [3.05, 3.63) is 65.7 Å². The Hall–Kier alpha value is -2.37. The van der Waals surface area contributed by atoms with Crippen LogP contribution in [0.1, 0.15) is 31.4 Å². The van der Waals surface area contributed by atoms with Crippen molar-refractivity contribution >= 4 is 5.91 Å². The van der Waals surface area contributed by atoms with Crippen molar-refractivity contribution in [2.75, 3.05) is 13.6 Å². The number of likely N-dealkylation sites (N-methyl/N-ethyl adjacent to an activating group) is 1. The van der Waals surface area contributed by atoms with Crippen molar-refractivity contribution in [3.63, 3.8) is 0 Å². The molecule has 0 saturated carbocycles. The van der Waals surface area contributed by atoms with Gasteiger partial charge in [0, 0.05) is 32.2 Å². The van der Waals surface area contributed by atoms with Gasteiger partial charge in [0.05, 0.1) is 6.04 Å². The fraction of sp³-hybridized carbons (Fsp3) is 0.435. The van der Waals surface area contributed by atoms with Crippen molar-refractivity contribution in [2.24, 2.45) is 0 Å². The highest BCUT2D eigenvalue weighted by atomic mass is 16.5. The number of carbonyl (C=O) groups excluding carboxylic acids is 1. The van der Waals surface area contributed by atoms with Gasteiger partial charge in [-0.15, -0.1) is 0 Å². The fourth-order valence-electron chi connectivity index (χ4n) is 3.71. The summed E-state index contributed by atoms with van der Waals surface area (Å²) in [6.45, 7) is 6.55. The Kier molecular flexibility index (Phi) is 7.06. The number of amides is 1. The fourth-order valence-corrected chi connectivity index (χ4v) is 3.71. The maximum atomic E-state index is 12.2. The normalized spacial score (nSPS) is 19.7. The van der Waals surface area contributed by atoms with E-state index in [0.29, 0.717) is 18.7 Å². The Labute approximate surface area is 168 Å². The number of benzene rings is 2. The van der Waals surface area contributed by atoms with Crippen molar-refractivity contribution in [1.82, 2.24) is 15.5 Å². The number of likely N-dealkylation sites (tertiary alicyclic amines) is 1. The van der Waals surface area contributed by atoms with Gasteiger partial charge in [-0.1, -0.05) is 42.5 Å². The molecule has 0 radical (unpaired) electrons. The van der Waals surface area contributed by atoms with Crippen LogP contribution >= 0.6 is 0 Å². The van der Waals surface area contributed by atoms with E-state index in [9.17, 15) is 4.79 Å². The maximum Gasteiger partial charge on any atom is 0.237 e. The second-order valence-corrected chi connectivity index (χ2v) is 7.65. The van der Waals surface area contributed by atoms with Gasteiger partial charge in [-0.2, -0.15) is 0 Å². The molecule has 150 valence electrons. The predicted molar refractivity (Wildman–Crippen MR) is 112 cm³/mol. The predicted octanol–water partition coefficient (Wildman–Crippen LogP) is 2.95. The summed E-state index contributed by atoms with van der Waals surface area (Å²) in [6.07, 6.45) is 0.843. The zero-order valence-corrected chi connectivity index (χ0v) is 17.0. The maximum absolute atomic E-state index is 12.2. The van der Waals surface area contributed by atoms with E-state index < -0.39 is 0 Å². The van der Waals surface area contributed by atoms with Gasteiger partial charge in [0.1, 0.15) is 12.4 Å². The molecule has 28 heavy (non-hydrogen) atoms. The quantitative estimate of drug-likeness (QED) is 0.738. The molecule has 1 saturated heterocycles. The van der Waals surface area contributed by atoms with E-state index in [1.807, 2.05) is 30.3 Å². The third-order valence-corrected chi connectivity index (χ3v) is 5.32. The topological polar surface area (TPSA) is 53.6 Å². The van der Waals surface area contributed by atoms with E-state index in [1.54, 1.807) is 7.05 Å². The monoisotopic (exact) mass is 381 g/mol. The molecule has 1 aliphatic heterocycles. The van der Waals surface area contributed by atoms with E-state index >= 15 is 0 Å². The number of rotatable bonds is 8. The summed E-state index contributed by atoms with van der Waals surface area (Å²) in [6, 6.07) is 19.0. The molecule has 2 aromatic carbocycles. The molecule has 2 aromatic rings. The zero-order valence-electron chi connectivity index (χ0n) is 17.0. The number of carbonyl (C=O) groups is 1. The second kappa shape index (κ2) is 9.71. The first-order valence-corrected chi connectivity index (χ1v) is 10.0. The van der Waals surface area contributed by atoms with Gasteiger partial charge in [-0.25, -0.2) is 0 Å². The van der Waals surface area contributed by atoms with Gasteiger partial charge in [0.15, 0.2) is 0 Å². The first kappa shape index (κ1) is 20.4. The summed E-state index contributed by atoms with van der Waals surface area (Å²) in [5.41, 5.74) is 2.38. The summed E-state index contributed by atoms with van der Waals surface area (Å²) in [5.74, 6) is 0.983. The Morgan fingerprint density at radius 3 is 2.46 bits per heavy atom. The highest BCUT2D eigenvalue weighted by Gasteiger charge is 2.37. The molecule has 5 heteroatoms. The summed E-state index contributed by atoms with van der Waals surface area (Å²) in [5, 5.41) is 6.40. The van der Waals surface area contributed by atoms with Crippen LogP contribution in [0.4, 0.5) is 0 Å². The summed E-state index contributed by atoms with van der Waals surface area (Å²) in [4.78, 5) is 14.4. The highest BCUT2D eigenvalue weighted by molar-refractivity contribution is 5.81. The van der Waals surface area contributed by atoms with Crippen LogP contribution in [0.25, 0.3) is 0 Å². The largest absolute Gasteiger partial charge is 0.489 e. The Balaban J connectivity index is 1.49. The van der Waals surface area contributed by atoms with Crippen LogP contribution < -0.4 is 15.4 Å². The molecular weight excluding hydrogens is 350 g/mol. The first-order chi connectivity index (χ1) is 13.6. The first-order valence-electron chi connectivity index (χ1n) is 10.0. The summed E-state index contributed by atoms with van der Waals surface area (Å²) >= 11 is 0. The number of hydrogen-bond acceptors (Lipinski definition) is 4. The van der Waals surface area contributed by atoms with Crippen LogP contribution in [0.5, 0.6) is 5.75 Å². The van der Waals surface area contributed by atoms with Crippen molar-refractivity contribution in [2.45, 2.75) is 51.5 Å². The standard InChI is InChI=1S/C23H31N3O2/c1-17(2)26-15-20(13-22(26)23(27)24-3)25-14-18-9-11-21(12-10-18)28-16-19-7-5-4-6-8-19/h4-12,17,20,22,25H,13-16H2,1-3H3,(H,24,27)/t20-,22+/m1/s1. The van der Waals surface area contributed by atoms with Crippen LogP contribution in [0.15, 0.2) is 54.6 Å². The van der Waals surface area contributed by atoms with Gasteiger partial charge < -0.3 is 15.4 Å². The molecule has 0 bridgehead atoms. The van der Waals surface area contributed by atoms with E-state index in [-0.39, 0.29) is 11.9 Å². The third kappa shape index (κ3) is 5.33. The molecular formula is C23H31N3O2. The minimum atomic E-state index is -0.0451. The Bertz CT molecular complexity index is 746. The second-order valence-electron chi connectivity index (χ2n) is 7.65. The SMILES string of the molecule is CNC(=O)[C@@H]1C[C@@H](NCc2ccc(OCc3ccccc3)cc2)CN1C(C)C. The van der Waals surface area contributed by atoms with Crippen molar-refractivity contribution in [3.8, 4) is 5.75 Å². The van der Waals surface area contributed by atoms with E-state index in [2.05, 4.69) is 53.6 Å². The van der Waals surface area contributed by atoms with Gasteiger partial charge in [-0.3, -0.25) is 9.69 Å². The number of nitrogens with one attached hydrogen (secondary N) is 2. The zero-order chi connectivity index (χ0) is 19.9. The molecule has 0 spiro atoms. The number of nitrogens with zero attached hydrogens (tertiary/aromatic N) is 1. The van der Waals surface area contributed by atoms with E-state index in [4.69, 9.17) is 4.74 Å². The molecule has 1 fully saturated rings. The molecule has 2 N–H and O–H groups in total. The van der Waals surface area contributed by atoms with Crippen LogP contribution in [0, 0.1) is 0 Å². The van der Waals surface area contributed by atoms with Gasteiger partial charge in [0.25, 0.3) is 0 Å². The summed E-state index contributed by atoms with van der Waals surface area (Å²) < 4.78 is 5.85. The van der Waals surface area contributed by atoms with E-state index in [1.165, 1.54) is 5.56 Å².